The second kappa shape index (κ2) is 9.43. The maximum absolute atomic E-state index is 12.4. The molecule has 0 aliphatic rings. The molecule has 6 nitrogen and oxygen atoms in total. The molecule has 28 heavy (non-hydrogen) atoms. The molecular weight excluding hydrogens is 372 g/mol. The molecule has 0 bridgehead atoms. The van der Waals surface area contributed by atoms with Crippen LogP contribution >= 0.6 is 11.3 Å². The van der Waals surface area contributed by atoms with Crippen LogP contribution in [0.3, 0.4) is 0 Å². The van der Waals surface area contributed by atoms with E-state index in [4.69, 9.17) is 0 Å². The van der Waals surface area contributed by atoms with Crippen LogP contribution in [0.15, 0.2) is 52.6 Å². The second-order valence-electron chi connectivity index (χ2n) is 6.36. The number of nitrogens with one attached hydrogen (secondary N) is 2. The maximum Gasteiger partial charge on any atom is 0.261 e. The molecule has 3 aromatic rings. The lowest BCUT2D eigenvalue weighted by molar-refractivity contribution is 0.0949. The second-order valence-corrected chi connectivity index (χ2v) is 7.31. The van der Waals surface area contributed by atoms with Gasteiger partial charge in [0.1, 0.15) is 10.6 Å². The van der Waals surface area contributed by atoms with Crippen molar-refractivity contribution in [2.45, 2.75) is 26.9 Å². The Bertz CT molecular complexity index is 977. The number of pyridine rings is 1. The minimum atomic E-state index is -0.396. The third-order valence-corrected chi connectivity index (χ3v) is 5.37. The first-order chi connectivity index (χ1) is 13.6. The lowest BCUT2D eigenvalue weighted by atomic mass is 10.2. The fraction of sp³-hybridized carbons (Fsp3) is 0.286. The summed E-state index contributed by atoms with van der Waals surface area (Å²) in [6.07, 6.45) is 0. The summed E-state index contributed by atoms with van der Waals surface area (Å²) in [4.78, 5) is 34.2. The standard InChI is InChI=1S/C21H24N4O2S/c1-3-25(4-2)13-16-10-11-17(21(27)23-16)20(26)22-12-19-24-18(14-28-19)15-8-6-5-7-9-15/h5-11,14H,3-4,12-13H2,1-2H3,(H,22,26)(H,23,27). The lowest BCUT2D eigenvalue weighted by Gasteiger charge is -2.17. The van der Waals surface area contributed by atoms with Crippen molar-refractivity contribution in [3.63, 3.8) is 0 Å². The van der Waals surface area contributed by atoms with Crippen LogP contribution in [0.5, 0.6) is 0 Å². The van der Waals surface area contributed by atoms with Gasteiger partial charge in [0.25, 0.3) is 11.5 Å². The number of nitrogens with zero attached hydrogens (tertiary/aromatic N) is 2. The number of rotatable bonds is 8. The first kappa shape index (κ1) is 20.0. The average molecular weight is 397 g/mol. The first-order valence-corrected chi connectivity index (χ1v) is 10.2. The van der Waals surface area contributed by atoms with Gasteiger partial charge >= 0.3 is 0 Å². The van der Waals surface area contributed by atoms with Crippen LogP contribution in [0, 0.1) is 0 Å². The van der Waals surface area contributed by atoms with E-state index < -0.39 is 5.91 Å². The number of aromatic amines is 1. The summed E-state index contributed by atoms with van der Waals surface area (Å²) in [5.74, 6) is -0.396. The molecule has 146 valence electrons. The third-order valence-electron chi connectivity index (χ3n) is 4.52. The van der Waals surface area contributed by atoms with Gasteiger partial charge in [-0.15, -0.1) is 11.3 Å². The Morgan fingerprint density at radius 3 is 2.57 bits per heavy atom. The SMILES string of the molecule is CCN(CC)Cc1ccc(C(=O)NCc2nc(-c3ccccc3)cs2)c(=O)[nH]1. The number of amides is 1. The normalized spacial score (nSPS) is 11.0. The largest absolute Gasteiger partial charge is 0.345 e. The maximum atomic E-state index is 12.4. The average Bonchev–Trinajstić information content (AvgIpc) is 3.20. The van der Waals surface area contributed by atoms with E-state index in [1.54, 1.807) is 12.1 Å². The molecule has 0 fully saturated rings. The number of aromatic nitrogens is 2. The molecule has 1 amide bonds. The Hall–Kier alpha value is -2.77. The quantitative estimate of drug-likeness (QED) is 0.613. The van der Waals surface area contributed by atoms with E-state index in [0.717, 1.165) is 35.0 Å². The van der Waals surface area contributed by atoms with Crippen molar-refractivity contribution in [2.24, 2.45) is 0 Å². The number of H-pyrrole nitrogens is 1. The molecule has 3 rings (SSSR count). The molecule has 7 heteroatoms. The summed E-state index contributed by atoms with van der Waals surface area (Å²) in [5, 5.41) is 5.54. The molecule has 0 spiro atoms. The Labute approximate surface area is 168 Å². The van der Waals surface area contributed by atoms with Crippen LogP contribution in [-0.2, 0) is 13.1 Å². The Morgan fingerprint density at radius 1 is 1.14 bits per heavy atom. The molecule has 0 radical (unpaired) electrons. The van der Waals surface area contributed by atoms with E-state index in [9.17, 15) is 9.59 Å². The predicted molar refractivity (Wildman–Crippen MR) is 112 cm³/mol. The van der Waals surface area contributed by atoms with Crippen molar-refractivity contribution >= 4 is 17.2 Å². The number of hydrogen-bond acceptors (Lipinski definition) is 5. The van der Waals surface area contributed by atoms with Gasteiger partial charge in [0.15, 0.2) is 0 Å². The Morgan fingerprint density at radius 2 is 1.89 bits per heavy atom. The lowest BCUT2D eigenvalue weighted by Crippen LogP contribution is -2.30. The molecule has 0 aliphatic heterocycles. The van der Waals surface area contributed by atoms with E-state index in [2.05, 4.69) is 34.0 Å². The summed E-state index contributed by atoms with van der Waals surface area (Å²) >= 11 is 1.48. The molecule has 2 heterocycles. The monoisotopic (exact) mass is 396 g/mol. The minimum Gasteiger partial charge on any atom is -0.345 e. The zero-order valence-electron chi connectivity index (χ0n) is 16.1. The summed E-state index contributed by atoms with van der Waals surface area (Å²) in [5.41, 5.74) is 2.47. The molecule has 0 unspecified atom stereocenters. The van der Waals surface area contributed by atoms with Crippen molar-refractivity contribution < 1.29 is 4.79 Å². The van der Waals surface area contributed by atoms with Crippen LogP contribution in [0.4, 0.5) is 0 Å². The number of carbonyl (C=O) groups excluding carboxylic acids is 1. The van der Waals surface area contributed by atoms with Gasteiger partial charge in [-0.25, -0.2) is 4.98 Å². The molecule has 0 atom stereocenters. The zero-order chi connectivity index (χ0) is 19.9. The van der Waals surface area contributed by atoms with Crippen LogP contribution in [0.1, 0.15) is 34.9 Å². The van der Waals surface area contributed by atoms with Gasteiger partial charge in [-0.1, -0.05) is 44.2 Å². The van der Waals surface area contributed by atoms with E-state index >= 15 is 0 Å². The molecule has 1 aromatic carbocycles. The van der Waals surface area contributed by atoms with Gasteiger partial charge < -0.3 is 10.3 Å². The van der Waals surface area contributed by atoms with Crippen molar-refractivity contribution in [1.29, 1.82) is 0 Å². The molecular formula is C21H24N4O2S. The highest BCUT2D eigenvalue weighted by molar-refractivity contribution is 7.09. The van der Waals surface area contributed by atoms with E-state index in [1.165, 1.54) is 11.3 Å². The summed E-state index contributed by atoms with van der Waals surface area (Å²) in [6.45, 7) is 6.90. The fourth-order valence-corrected chi connectivity index (χ4v) is 3.60. The summed E-state index contributed by atoms with van der Waals surface area (Å²) in [7, 11) is 0. The van der Waals surface area contributed by atoms with E-state index in [-0.39, 0.29) is 17.7 Å². The van der Waals surface area contributed by atoms with Gasteiger partial charge in [0, 0.05) is 23.2 Å². The molecule has 2 aromatic heterocycles. The van der Waals surface area contributed by atoms with Crippen LogP contribution in [0.2, 0.25) is 0 Å². The fourth-order valence-electron chi connectivity index (χ4n) is 2.86. The van der Waals surface area contributed by atoms with Gasteiger partial charge in [-0.3, -0.25) is 14.5 Å². The highest BCUT2D eigenvalue weighted by Gasteiger charge is 2.13. The highest BCUT2D eigenvalue weighted by atomic mass is 32.1. The number of carbonyl (C=O) groups is 1. The number of thiazole rings is 1. The highest BCUT2D eigenvalue weighted by Crippen LogP contribution is 2.21. The third kappa shape index (κ3) is 4.94. The van der Waals surface area contributed by atoms with Crippen LogP contribution in [0.25, 0.3) is 11.3 Å². The van der Waals surface area contributed by atoms with Gasteiger partial charge in [0.05, 0.1) is 12.2 Å². The van der Waals surface area contributed by atoms with Crippen LogP contribution < -0.4 is 10.9 Å². The topological polar surface area (TPSA) is 78.1 Å². The Balaban J connectivity index is 1.62. The molecule has 0 saturated carbocycles. The summed E-state index contributed by atoms with van der Waals surface area (Å²) in [6, 6.07) is 13.3. The van der Waals surface area contributed by atoms with Gasteiger partial charge in [-0.2, -0.15) is 0 Å². The zero-order valence-corrected chi connectivity index (χ0v) is 16.9. The van der Waals surface area contributed by atoms with Crippen molar-refractivity contribution in [3.05, 3.63) is 74.5 Å². The number of hydrogen-bond donors (Lipinski definition) is 2. The van der Waals surface area contributed by atoms with Crippen molar-refractivity contribution in [1.82, 2.24) is 20.2 Å². The van der Waals surface area contributed by atoms with E-state index in [1.807, 2.05) is 35.7 Å². The smallest absolute Gasteiger partial charge is 0.261 e. The molecule has 0 saturated heterocycles. The molecule has 0 aliphatic carbocycles. The minimum absolute atomic E-state index is 0.114. The number of benzene rings is 1. The van der Waals surface area contributed by atoms with Gasteiger partial charge in [0.2, 0.25) is 0 Å². The Kier molecular flexibility index (Phi) is 6.73. The van der Waals surface area contributed by atoms with Crippen molar-refractivity contribution in [3.8, 4) is 11.3 Å². The van der Waals surface area contributed by atoms with Crippen molar-refractivity contribution in [2.75, 3.05) is 13.1 Å². The molecule has 2 N–H and O–H groups in total. The first-order valence-electron chi connectivity index (χ1n) is 9.33. The van der Waals surface area contributed by atoms with Crippen LogP contribution in [-0.4, -0.2) is 33.9 Å². The predicted octanol–water partition coefficient (Wildman–Crippen LogP) is 3.27. The van der Waals surface area contributed by atoms with E-state index in [0.29, 0.717) is 6.54 Å². The van der Waals surface area contributed by atoms with Gasteiger partial charge in [-0.05, 0) is 25.2 Å². The summed E-state index contributed by atoms with van der Waals surface area (Å²) < 4.78 is 0.